The predicted octanol–water partition coefficient (Wildman–Crippen LogP) is 14.9. The molecule has 2 aliphatic rings. The predicted molar refractivity (Wildman–Crippen MR) is 256 cm³/mol. The van der Waals surface area contributed by atoms with E-state index in [2.05, 4.69) is 194 Å². The number of benzene rings is 9. The van der Waals surface area contributed by atoms with Crippen LogP contribution in [0.4, 0.5) is 0 Å². The molecule has 13 rings (SSSR count). The maximum atomic E-state index is 5.37. The fraction of sp³-hybridized carbons (Fsp3) is 0.0172. The number of nitrogens with zero attached hydrogens (tertiary/aromatic N) is 3. The minimum atomic E-state index is -0.435. The quantitative estimate of drug-likeness (QED) is 0.174. The zero-order valence-corrected chi connectivity index (χ0v) is 34.3. The highest BCUT2D eigenvalue weighted by Gasteiger charge is 2.52. The number of aromatic nitrogens is 3. The topological polar surface area (TPSA) is 38.7 Å². The third kappa shape index (κ3) is 5.02. The molecule has 0 N–H and O–H groups in total. The van der Waals surface area contributed by atoms with Crippen LogP contribution < -0.4 is 0 Å². The van der Waals surface area contributed by atoms with Gasteiger partial charge in [-0.3, -0.25) is 0 Å². The van der Waals surface area contributed by atoms with Crippen LogP contribution in [0.15, 0.2) is 212 Å². The largest absolute Gasteiger partial charge is 0.208 e. The van der Waals surface area contributed by atoms with E-state index in [1.165, 1.54) is 70.2 Å². The van der Waals surface area contributed by atoms with Gasteiger partial charge in [-0.2, -0.15) is 0 Å². The van der Waals surface area contributed by atoms with Gasteiger partial charge >= 0.3 is 0 Å². The van der Waals surface area contributed by atoms with Crippen LogP contribution in [0.2, 0.25) is 0 Å². The first-order chi connectivity index (χ1) is 30.8. The second-order valence-electron chi connectivity index (χ2n) is 16.2. The fourth-order valence-corrected chi connectivity index (χ4v) is 11.6. The van der Waals surface area contributed by atoms with Gasteiger partial charge in [-0.1, -0.05) is 194 Å². The molecule has 2 heterocycles. The zero-order chi connectivity index (χ0) is 40.8. The lowest BCUT2D eigenvalue weighted by Crippen LogP contribution is -2.25. The number of fused-ring (bicyclic) bond motifs is 13. The lowest BCUT2D eigenvalue weighted by Gasteiger charge is -2.30. The van der Waals surface area contributed by atoms with Crippen molar-refractivity contribution in [3.63, 3.8) is 0 Å². The molecule has 2 aromatic heterocycles. The lowest BCUT2D eigenvalue weighted by atomic mass is 9.70. The van der Waals surface area contributed by atoms with Crippen LogP contribution in [0.25, 0.3) is 98.8 Å². The van der Waals surface area contributed by atoms with Crippen molar-refractivity contribution >= 4 is 31.5 Å². The first kappa shape index (κ1) is 35.0. The van der Waals surface area contributed by atoms with Crippen molar-refractivity contribution in [1.82, 2.24) is 15.0 Å². The summed E-state index contributed by atoms with van der Waals surface area (Å²) in [7, 11) is 0. The molecule has 2 aliphatic carbocycles. The van der Waals surface area contributed by atoms with Gasteiger partial charge in [0.1, 0.15) is 0 Å². The summed E-state index contributed by atoms with van der Waals surface area (Å²) in [4.78, 5) is 15.8. The third-order valence-electron chi connectivity index (χ3n) is 13.0. The van der Waals surface area contributed by atoms with Crippen LogP contribution in [0.1, 0.15) is 22.3 Å². The molecule has 0 saturated heterocycles. The molecule has 0 amide bonds. The molecule has 9 aromatic carbocycles. The average Bonchev–Trinajstić information content (AvgIpc) is 3.99. The fourth-order valence-electron chi connectivity index (χ4n) is 10.5. The molecule has 0 aliphatic heterocycles. The van der Waals surface area contributed by atoms with E-state index in [-0.39, 0.29) is 0 Å². The number of hydrogen-bond acceptors (Lipinski definition) is 4. The van der Waals surface area contributed by atoms with E-state index in [4.69, 9.17) is 15.0 Å². The van der Waals surface area contributed by atoms with E-state index in [1.807, 2.05) is 29.5 Å². The number of hydrogen-bond donors (Lipinski definition) is 0. The molecule has 4 heteroatoms. The van der Waals surface area contributed by atoms with Gasteiger partial charge in [0, 0.05) is 36.9 Å². The summed E-state index contributed by atoms with van der Waals surface area (Å²) in [5.74, 6) is 1.91. The molecular formula is C58H35N3S. The average molecular weight is 806 g/mol. The second-order valence-corrected chi connectivity index (χ2v) is 17.3. The SMILES string of the molecule is c1ccc(-c2nc(-c3cccc(-c4cccc5sc6ccccc6c45)c3)nc(-c3ccccc3-c3cccc4c3-c3ccccc3C43c4ccccc4-c4ccccc43)n2)cc1. The maximum absolute atomic E-state index is 5.37. The van der Waals surface area contributed by atoms with Gasteiger partial charge < -0.3 is 0 Å². The first-order valence-corrected chi connectivity index (χ1v) is 21.9. The third-order valence-corrected chi connectivity index (χ3v) is 14.1. The normalized spacial score (nSPS) is 13.0. The Morgan fingerprint density at radius 3 is 1.56 bits per heavy atom. The van der Waals surface area contributed by atoms with Crippen LogP contribution in [0.5, 0.6) is 0 Å². The van der Waals surface area contributed by atoms with Gasteiger partial charge in [-0.15, -0.1) is 11.3 Å². The van der Waals surface area contributed by atoms with Gasteiger partial charge in [0.05, 0.1) is 5.41 Å². The van der Waals surface area contributed by atoms with Gasteiger partial charge in [0.15, 0.2) is 17.5 Å². The number of rotatable bonds is 5. The molecular weight excluding hydrogens is 771 g/mol. The molecule has 11 aromatic rings. The number of thiophene rings is 1. The Kier molecular flexibility index (Phi) is 7.69. The van der Waals surface area contributed by atoms with Crippen LogP contribution in [-0.2, 0) is 5.41 Å². The van der Waals surface area contributed by atoms with Crippen LogP contribution >= 0.6 is 11.3 Å². The highest BCUT2D eigenvalue weighted by molar-refractivity contribution is 7.25. The Hall–Kier alpha value is -7.79. The Morgan fingerprint density at radius 2 is 0.790 bits per heavy atom. The molecule has 3 nitrogen and oxygen atoms in total. The Morgan fingerprint density at radius 1 is 0.306 bits per heavy atom. The monoisotopic (exact) mass is 805 g/mol. The highest BCUT2D eigenvalue weighted by atomic mass is 32.1. The van der Waals surface area contributed by atoms with E-state index in [9.17, 15) is 0 Å². The summed E-state index contributed by atoms with van der Waals surface area (Å²) in [5.41, 5.74) is 17.4. The van der Waals surface area contributed by atoms with E-state index in [1.54, 1.807) is 0 Å². The van der Waals surface area contributed by atoms with E-state index in [0.29, 0.717) is 17.5 Å². The Bertz CT molecular complexity index is 3560. The summed E-state index contributed by atoms with van der Waals surface area (Å²) in [6.07, 6.45) is 0. The smallest absolute Gasteiger partial charge is 0.164 e. The van der Waals surface area contributed by atoms with Crippen molar-refractivity contribution in [3.05, 3.63) is 235 Å². The minimum absolute atomic E-state index is 0.435. The van der Waals surface area contributed by atoms with Crippen LogP contribution in [0, 0.1) is 0 Å². The second kappa shape index (κ2) is 13.6. The first-order valence-electron chi connectivity index (χ1n) is 21.1. The van der Waals surface area contributed by atoms with Crippen LogP contribution in [-0.4, -0.2) is 15.0 Å². The standard InChI is InChI=1S/C58H35N3S/c1-2-17-36(18-3-1)55-59-56(38-20-14-19-37(35-38)39-27-16-34-52-54(39)46-26-9-13-33-51(46)62-52)61-57(60-55)44-24-5-4-21-40(44)43-28-15-32-50-53(43)45-25-8-12-31-49(45)58(50)47-29-10-6-22-41(47)42-23-7-11-30-48(42)58/h1-35H. The molecule has 62 heavy (non-hydrogen) atoms. The van der Waals surface area contributed by atoms with E-state index < -0.39 is 5.41 Å². The lowest BCUT2D eigenvalue weighted by molar-refractivity contribution is 0.794. The summed E-state index contributed by atoms with van der Waals surface area (Å²) >= 11 is 1.84. The van der Waals surface area contributed by atoms with E-state index >= 15 is 0 Å². The van der Waals surface area contributed by atoms with Crippen molar-refractivity contribution in [1.29, 1.82) is 0 Å². The van der Waals surface area contributed by atoms with Crippen molar-refractivity contribution in [2.75, 3.05) is 0 Å². The molecule has 0 atom stereocenters. The summed E-state index contributed by atoms with van der Waals surface area (Å²) in [6.45, 7) is 0. The summed E-state index contributed by atoms with van der Waals surface area (Å²) in [6, 6.07) is 76.7. The molecule has 0 fully saturated rings. The molecule has 0 unspecified atom stereocenters. The van der Waals surface area contributed by atoms with Gasteiger partial charge in [-0.25, -0.2) is 15.0 Å². The van der Waals surface area contributed by atoms with E-state index in [0.717, 1.165) is 33.4 Å². The summed E-state index contributed by atoms with van der Waals surface area (Å²) in [5, 5.41) is 2.56. The molecule has 0 saturated carbocycles. The van der Waals surface area contributed by atoms with Crippen molar-refractivity contribution < 1.29 is 0 Å². The Labute approximate surface area is 363 Å². The molecule has 1 spiro atoms. The maximum Gasteiger partial charge on any atom is 0.164 e. The minimum Gasteiger partial charge on any atom is -0.208 e. The van der Waals surface area contributed by atoms with Crippen molar-refractivity contribution in [2.45, 2.75) is 5.41 Å². The van der Waals surface area contributed by atoms with Crippen molar-refractivity contribution in [2.24, 2.45) is 0 Å². The summed E-state index contributed by atoms with van der Waals surface area (Å²) < 4.78 is 2.57. The molecule has 0 bridgehead atoms. The molecule has 288 valence electrons. The van der Waals surface area contributed by atoms with Gasteiger partial charge in [0.2, 0.25) is 0 Å². The van der Waals surface area contributed by atoms with Gasteiger partial charge in [0.25, 0.3) is 0 Å². The van der Waals surface area contributed by atoms with Crippen LogP contribution in [0.3, 0.4) is 0 Å². The van der Waals surface area contributed by atoms with Crippen molar-refractivity contribution in [3.8, 4) is 78.7 Å². The van der Waals surface area contributed by atoms with Gasteiger partial charge in [-0.05, 0) is 85.0 Å². The highest BCUT2D eigenvalue weighted by Crippen LogP contribution is 2.64. The zero-order valence-electron chi connectivity index (χ0n) is 33.5. The Balaban J connectivity index is 1.02. The molecule has 0 radical (unpaired) electrons.